The van der Waals surface area contributed by atoms with Gasteiger partial charge in [-0.05, 0) is 12.8 Å². The zero-order valence-corrected chi connectivity index (χ0v) is 9.08. The van der Waals surface area contributed by atoms with Crippen LogP contribution in [0.5, 0.6) is 0 Å². The van der Waals surface area contributed by atoms with Crippen molar-refractivity contribution in [1.82, 2.24) is 20.4 Å². The summed E-state index contributed by atoms with van der Waals surface area (Å²) in [6.45, 7) is 0. The molecule has 1 aliphatic carbocycles. The highest BCUT2D eigenvalue weighted by Gasteiger charge is 2.26. The molecular formula is C10H12N6O. The number of aromatic nitrogens is 4. The predicted molar refractivity (Wildman–Crippen MR) is 60.9 cm³/mol. The number of amides is 1. The summed E-state index contributed by atoms with van der Waals surface area (Å²) in [6, 6.07) is 0. The van der Waals surface area contributed by atoms with Crippen molar-refractivity contribution in [2.45, 2.75) is 19.3 Å². The number of fused-ring (bicyclic) bond motifs is 3. The smallest absolute Gasteiger partial charge is 0.223 e. The largest absolute Gasteiger partial charge is 0.382 e. The number of H-pyrrole nitrogens is 2. The standard InChI is InChI=1S/C10H12N6O/c11-7(17)3-6-4-1-2-5-8(9(4)15-14-6)10(12)16-13-5/h1-3H2,(H2,11,17)(H,14,15)(H3,12,13,16). The first-order valence-electron chi connectivity index (χ1n) is 5.34. The molecule has 1 amide bonds. The van der Waals surface area contributed by atoms with Gasteiger partial charge >= 0.3 is 0 Å². The quantitative estimate of drug-likeness (QED) is 0.557. The number of hydrogen-bond acceptors (Lipinski definition) is 4. The number of primary amides is 1. The molecule has 0 fully saturated rings. The third kappa shape index (κ3) is 1.39. The average Bonchev–Trinajstić information content (AvgIpc) is 2.83. The zero-order chi connectivity index (χ0) is 12.0. The van der Waals surface area contributed by atoms with E-state index < -0.39 is 0 Å². The second-order valence-corrected chi connectivity index (χ2v) is 4.13. The molecule has 0 spiro atoms. The number of nitrogens with one attached hydrogen (secondary N) is 2. The minimum Gasteiger partial charge on any atom is -0.382 e. The van der Waals surface area contributed by atoms with Crippen LogP contribution in [-0.2, 0) is 24.1 Å². The lowest BCUT2D eigenvalue weighted by Gasteiger charge is -2.11. The van der Waals surface area contributed by atoms with Gasteiger partial charge in [0.1, 0.15) is 5.69 Å². The van der Waals surface area contributed by atoms with Crippen LogP contribution < -0.4 is 11.5 Å². The van der Waals surface area contributed by atoms with Gasteiger partial charge in [-0.15, -0.1) is 0 Å². The molecule has 3 rings (SSSR count). The molecule has 0 atom stereocenters. The molecule has 0 saturated heterocycles. The number of rotatable bonds is 2. The molecule has 88 valence electrons. The summed E-state index contributed by atoms with van der Waals surface area (Å²) in [5, 5.41) is 13.9. The Bertz CT molecular complexity index is 596. The zero-order valence-electron chi connectivity index (χ0n) is 9.08. The molecule has 0 unspecified atom stereocenters. The lowest BCUT2D eigenvalue weighted by atomic mass is 9.93. The van der Waals surface area contributed by atoms with Gasteiger partial charge in [-0.3, -0.25) is 15.0 Å². The maximum absolute atomic E-state index is 10.9. The summed E-state index contributed by atoms with van der Waals surface area (Å²) in [7, 11) is 0. The Hall–Kier alpha value is -2.31. The highest BCUT2D eigenvalue weighted by molar-refractivity contribution is 5.81. The minimum atomic E-state index is -0.373. The number of anilines is 1. The Kier molecular flexibility index (Phi) is 1.94. The van der Waals surface area contributed by atoms with Gasteiger partial charge in [0.15, 0.2) is 5.82 Å². The van der Waals surface area contributed by atoms with E-state index >= 15 is 0 Å². The van der Waals surface area contributed by atoms with E-state index in [1.165, 1.54) is 0 Å². The molecule has 7 nitrogen and oxygen atoms in total. The fraction of sp³-hybridized carbons (Fsp3) is 0.300. The number of carbonyl (C=O) groups excluding carboxylic acids is 1. The molecule has 2 aromatic heterocycles. The monoisotopic (exact) mass is 232 g/mol. The number of nitrogens with zero attached hydrogens (tertiary/aromatic N) is 2. The summed E-state index contributed by atoms with van der Waals surface area (Å²) < 4.78 is 0. The Morgan fingerprint density at radius 3 is 2.88 bits per heavy atom. The van der Waals surface area contributed by atoms with Crippen molar-refractivity contribution in [2.75, 3.05) is 5.73 Å². The van der Waals surface area contributed by atoms with E-state index in [1.54, 1.807) is 0 Å². The van der Waals surface area contributed by atoms with Gasteiger partial charge in [0, 0.05) is 17.0 Å². The van der Waals surface area contributed by atoms with Crippen molar-refractivity contribution in [3.63, 3.8) is 0 Å². The van der Waals surface area contributed by atoms with Gasteiger partial charge in [0.25, 0.3) is 0 Å². The summed E-state index contributed by atoms with van der Waals surface area (Å²) in [5.41, 5.74) is 15.4. The number of nitrogen functional groups attached to an aromatic ring is 1. The third-order valence-corrected chi connectivity index (χ3v) is 3.03. The number of hydrogen-bond donors (Lipinski definition) is 4. The predicted octanol–water partition coefficient (Wildman–Crippen LogP) is -0.492. The second kappa shape index (κ2) is 3.34. The lowest BCUT2D eigenvalue weighted by Crippen LogP contribution is -2.15. The normalized spacial score (nSPS) is 13.2. The van der Waals surface area contributed by atoms with Gasteiger partial charge in [-0.2, -0.15) is 10.2 Å². The van der Waals surface area contributed by atoms with E-state index in [0.717, 1.165) is 41.1 Å². The Balaban J connectivity index is 2.12. The van der Waals surface area contributed by atoms with Crippen LogP contribution >= 0.6 is 0 Å². The molecule has 7 heteroatoms. The third-order valence-electron chi connectivity index (χ3n) is 3.03. The molecule has 1 aliphatic rings. The van der Waals surface area contributed by atoms with Crippen LogP contribution in [0.2, 0.25) is 0 Å². The maximum atomic E-state index is 10.9. The van der Waals surface area contributed by atoms with E-state index in [9.17, 15) is 4.79 Å². The van der Waals surface area contributed by atoms with Crippen LogP contribution in [0.15, 0.2) is 0 Å². The summed E-state index contributed by atoms with van der Waals surface area (Å²) in [4.78, 5) is 10.9. The molecule has 0 aliphatic heterocycles. The molecule has 6 N–H and O–H groups in total. The topological polar surface area (TPSA) is 126 Å². The Morgan fingerprint density at radius 2 is 2.12 bits per heavy atom. The molecule has 2 aromatic rings. The second-order valence-electron chi connectivity index (χ2n) is 4.13. The Morgan fingerprint density at radius 1 is 1.29 bits per heavy atom. The summed E-state index contributed by atoms with van der Waals surface area (Å²) >= 11 is 0. The number of carbonyl (C=O) groups is 1. The number of nitrogens with two attached hydrogens (primary N) is 2. The average molecular weight is 232 g/mol. The number of aromatic amines is 2. The van der Waals surface area contributed by atoms with Crippen LogP contribution in [0, 0.1) is 0 Å². The lowest BCUT2D eigenvalue weighted by molar-refractivity contribution is -0.117. The van der Waals surface area contributed by atoms with Crippen LogP contribution in [0.1, 0.15) is 17.0 Å². The van der Waals surface area contributed by atoms with Crippen molar-refractivity contribution < 1.29 is 4.79 Å². The Labute approximate surface area is 96.6 Å². The summed E-state index contributed by atoms with van der Waals surface area (Å²) in [6.07, 6.45) is 1.80. The van der Waals surface area contributed by atoms with Crippen LogP contribution in [0.25, 0.3) is 11.3 Å². The fourth-order valence-corrected chi connectivity index (χ4v) is 2.29. The van der Waals surface area contributed by atoms with Gasteiger partial charge in [0.05, 0.1) is 12.0 Å². The van der Waals surface area contributed by atoms with Gasteiger partial charge in [0.2, 0.25) is 5.91 Å². The van der Waals surface area contributed by atoms with Crippen LogP contribution in [-0.4, -0.2) is 26.3 Å². The van der Waals surface area contributed by atoms with E-state index in [1.807, 2.05) is 0 Å². The molecule has 0 saturated carbocycles. The van der Waals surface area contributed by atoms with Gasteiger partial charge < -0.3 is 11.5 Å². The SMILES string of the molecule is NC(=O)Cc1[nH]nc2c1CCc1[nH]nc(N)c1-2. The van der Waals surface area contributed by atoms with E-state index in [2.05, 4.69) is 20.4 Å². The van der Waals surface area contributed by atoms with Crippen LogP contribution in [0.4, 0.5) is 5.82 Å². The van der Waals surface area contributed by atoms with E-state index in [-0.39, 0.29) is 12.3 Å². The number of aryl methyl sites for hydroxylation is 1. The highest BCUT2D eigenvalue weighted by atomic mass is 16.1. The molecule has 0 radical (unpaired) electrons. The molecular weight excluding hydrogens is 220 g/mol. The maximum Gasteiger partial charge on any atom is 0.223 e. The highest BCUT2D eigenvalue weighted by Crippen LogP contribution is 2.35. The first-order valence-corrected chi connectivity index (χ1v) is 5.34. The van der Waals surface area contributed by atoms with E-state index in [4.69, 9.17) is 11.5 Å². The first kappa shape index (κ1) is 9.88. The fourth-order valence-electron chi connectivity index (χ4n) is 2.29. The van der Waals surface area contributed by atoms with Crippen molar-refractivity contribution in [1.29, 1.82) is 0 Å². The van der Waals surface area contributed by atoms with Crippen LogP contribution in [0.3, 0.4) is 0 Å². The molecule has 2 heterocycles. The molecule has 0 bridgehead atoms. The van der Waals surface area contributed by atoms with Crippen molar-refractivity contribution in [3.8, 4) is 11.3 Å². The summed E-state index contributed by atoms with van der Waals surface area (Å²) in [5.74, 6) is 0.0699. The van der Waals surface area contributed by atoms with Crippen molar-refractivity contribution >= 4 is 11.7 Å². The van der Waals surface area contributed by atoms with Gasteiger partial charge in [-0.25, -0.2) is 0 Å². The van der Waals surface area contributed by atoms with Gasteiger partial charge in [-0.1, -0.05) is 0 Å². The molecule has 0 aromatic carbocycles. The first-order chi connectivity index (χ1) is 8.16. The van der Waals surface area contributed by atoms with E-state index in [0.29, 0.717) is 5.82 Å². The minimum absolute atomic E-state index is 0.176. The van der Waals surface area contributed by atoms with Crippen molar-refractivity contribution in [3.05, 3.63) is 17.0 Å². The molecule has 17 heavy (non-hydrogen) atoms. The van der Waals surface area contributed by atoms with Crippen molar-refractivity contribution in [2.24, 2.45) is 5.73 Å².